The van der Waals surface area contributed by atoms with Crippen molar-refractivity contribution in [3.05, 3.63) is 72.9 Å². The summed E-state index contributed by atoms with van der Waals surface area (Å²) in [6.07, 6.45) is 32.4. The highest BCUT2D eigenvalue weighted by atomic mass is 16.1. The topological polar surface area (TPSA) is 34.1 Å². The van der Waals surface area contributed by atoms with Crippen molar-refractivity contribution < 1.29 is 9.59 Å². The van der Waals surface area contributed by atoms with Crippen molar-refractivity contribution in [2.45, 2.75) is 53.4 Å². The first-order valence-corrected chi connectivity index (χ1v) is 14.8. The molecule has 2 heteroatoms. The van der Waals surface area contributed by atoms with Crippen molar-refractivity contribution in [3.8, 4) is 0 Å². The van der Waals surface area contributed by atoms with Crippen molar-refractivity contribution in [2.75, 3.05) is 0 Å². The van der Waals surface area contributed by atoms with Gasteiger partial charge in [0.25, 0.3) is 0 Å². The first-order valence-electron chi connectivity index (χ1n) is 14.8. The number of ketones is 2. The third kappa shape index (κ3) is 4.09. The number of allylic oxidation sites excluding steroid dienone is 12. The van der Waals surface area contributed by atoms with Crippen LogP contribution < -0.4 is 0 Å². The molecule has 3 fully saturated rings. The maximum absolute atomic E-state index is 11.5. The molecule has 0 radical (unpaired) electrons. The minimum absolute atomic E-state index is 0.0164. The van der Waals surface area contributed by atoms with Crippen LogP contribution in [0.25, 0.3) is 0 Å². The Labute approximate surface area is 218 Å². The zero-order valence-corrected chi connectivity index (χ0v) is 22.5. The van der Waals surface area contributed by atoms with Crippen LogP contribution >= 0.6 is 0 Å². The van der Waals surface area contributed by atoms with Gasteiger partial charge in [-0.2, -0.15) is 0 Å². The van der Waals surface area contributed by atoms with Crippen molar-refractivity contribution >= 4 is 11.6 Å². The molecule has 0 saturated heterocycles. The van der Waals surface area contributed by atoms with Crippen LogP contribution in [0, 0.1) is 71.0 Å². The van der Waals surface area contributed by atoms with Gasteiger partial charge in [0.15, 0.2) is 5.78 Å². The van der Waals surface area contributed by atoms with Crippen LogP contribution in [-0.4, -0.2) is 11.6 Å². The first-order chi connectivity index (χ1) is 17.7. The van der Waals surface area contributed by atoms with Crippen LogP contribution in [0.15, 0.2) is 72.9 Å². The zero-order chi connectivity index (χ0) is 25.4. The van der Waals surface area contributed by atoms with Crippen molar-refractivity contribution in [2.24, 2.45) is 71.0 Å². The molecule has 2 nitrogen and oxygen atoms in total. The SMILES string of the molecule is C1=CC2C3C=CC(C3)C2C1.C1=CC2C3C=CC(C3)C2C1.CC.CC.O=C1C2C=CC1C1C(=O)C=CC21. The van der Waals surface area contributed by atoms with Crippen molar-refractivity contribution in [1.29, 1.82) is 0 Å². The van der Waals surface area contributed by atoms with Gasteiger partial charge in [-0.05, 0) is 79.1 Å². The molecule has 9 aliphatic rings. The van der Waals surface area contributed by atoms with E-state index in [0.717, 1.165) is 47.3 Å². The Kier molecular flexibility index (Phi) is 7.52. The van der Waals surface area contributed by atoms with Gasteiger partial charge in [0.1, 0.15) is 5.78 Å². The van der Waals surface area contributed by atoms with Crippen molar-refractivity contribution in [1.82, 2.24) is 0 Å². The molecular weight excluding hydrogens is 440 g/mol. The summed E-state index contributed by atoms with van der Waals surface area (Å²) in [6.45, 7) is 8.00. The van der Waals surface area contributed by atoms with Crippen LogP contribution in [0.5, 0.6) is 0 Å². The summed E-state index contributed by atoms with van der Waals surface area (Å²) in [4.78, 5) is 22.8. The monoisotopic (exact) mass is 484 g/mol. The summed E-state index contributed by atoms with van der Waals surface area (Å²) in [5, 5.41) is 0. The molecule has 12 atom stereocenters. The molecule has 0 aliphatic heterocycles. The molecule has 6 bridgehead atoms. The van der Waals surface area contributed by atoms with Crippen LogP contribution in [0.1, 0.15) is 53.4 Å². The summed E-state index contributed by atoms with van der Waals surface area (Å²) in [6, 6.07) is 0. The third-order valence-electron chi connectivity index (χ3n) is 10.1. The molecule has 3 saturated carbocycles. The molecule has 0 N–H and O–H groups in total. The Hall–Kier alpha value is -2.22. The third-order valence-corrected chi connectivity index (χ3v) is 10.1. The number of fused-ring (bicyclic) bond motifs is 15. The quantitative estimate of drug-likeness (QED) is 0.332. The van der Waals surface area contributed by atoms with E-state index in [1.165, 1.54) is 25.7 Å². The van der Waals surface area contributed by atoms with E-state index < -0.39 is 0 Å². The van der Waals surface area contributed by atoms with Crippen LogP contribution in [-0.2, 0) is 9.59 Å². The van der Waals surface area contributed by atoms with Gasteiger partial charge in [-0.3, -0.25) is 9.59 Å². The van der Waals surface area contributed by atoms with E-state index in [1.807, 2.05) is 45.9 Å². The molecule has 12 unspecified atom stereocenters. The number of rotatable bonds is 0. The maximum atomic E-state index is 11.5. The molecule has 0 heterocycles. The van der Waals surface area contributed by atoms with E-state index in [4.69, 9.17) is 0 Å². The van der Waals surface area contributed by atoms with E-state index in [1.54, 1.807) is 6.08 Å². The number of hydrogen-bond acceptors (Lipinski definition) is 2. The lowest BCUT2D eigenvalue weighted by Crippen LogP contribution is -2.20. The zero-order valence-electron chi connectivity index (χ0n) is 22.5. The Morgan fingerprint density at radius 1 is 0.556 bits per heavy atom. The number of carbonyl (C=O) groups is 2. The van der Waals surface area contributed by atoms with Gasteiger partial charge in [0.2, 0.25) is 0 Å². The predicted molar refractivity (Wildman–Crippen MR) is 148 cm³/mol. The highest BCUT2D eigenvalue weighted by Crippen LogP contribution is 2.53. The van der Waals surface area contributed by atoms with Crippen LogP contribution in [0.3, 0.4) is 0 Å². The standard InChI is InChI=1S/C10H8O2.2C10H12.2C2H6/c11-8-4-3-5-6-1-2-7(9(5)8)10(6)12;2*1-2-9-7-4-5-8(6-7)10(9)3-1;2*1-2/h1-7,9H;2*1-2,4-5,7-10H,3,6H2;2*1-2H3. The number of hydrogen-bond donors (Lipinski definition) is 0. The molecule has 192 valence electrons. The first kappa shape index (κ1) is 25.4. The van der Waals surface area contributed by atoms with E-state index in [0.29, 0.717) is 0 Å². The van der Waals surface area contributed by atoms with E-state index in [2.05, 4.69) is 48.6 Å². The largest absolute Gasteiger partial charge is 0.298 e. The van der Waals surface area contributed by atoms with E-state index in [9.17, 15) is 9.59 Å². The average Bonchev–Trinajstić information content (AvgIpc) is 3.76. The summed E-state index contributed by atoms with van der Waals surface area (Å²) >= 11 is 0. The smallest absolute Gasteiger partial charge is 0.160 e. The minimum atomic E-state index is -0.0949. The number of carbonyl (C=O) groups excluding carboxylic acids is 2. The molecule has 0 aromatic heterocycles. The second-order valence-corrected chi connectivity index (χ2v) is 11.4. The predicted octanol–water partition coefficient (Wildman–Crippen LogP) is 7.56. The Bertz CT molecular complexity index is 974. The van der Waals surface area contributed by atoms with Crippen LogP contribution in [0.2, 0.25) is 0 Å². The van der Waals surface area contributed by atoms with E-state index in [-0.39, 0.29) is 35.2 Å². The Balaban J connectivity index is 0.000000104. The second-order valence-electron chi connectivity index (χ2n) is 11.4. The van der Waals surface area contributed by atoms with Crippen molar-refractivity contribution in [3.63, 3.8) is 0 Å². The summed E-state index contributed by atoms with van der Waals surface area (Å²) in [5.74, 6) is 8.12. The molecule has 9 aliphatic carbocycles. The van der Waals surface area contributed by atoms with Gasteiger partial charge in [-0.25, -0.2) is 0 Å². The highest BCUT2D eigenvalue weighted by molar-refractivity contribution is 6.05. The van der Waals surface area contributed by atoms with Gasteiger partial charge in [-0.1, -0.05) is 94.5 Å². The summed E-state index contributed by atoms with van der Waals surface area (Å²) in [7, 11) is 0. The fourth-order valence-corrected chi connectivity index (χ4v) is 8.60. The molecule has 9 rings (SSSR count). The molecule has 0 spiro atoms. The Morgan fingerprint density at radius 2 is 1.06 bits per heavy atom. The van der Waals surface area contributed by atoms with Crippen LogP contribution in [0.4, 0.5) is 0 Å². The normalized spacial score (nSPS) is 46.4. The van der Waals surface area contributed by atoms with Gasteiger partial charge in [-0.15, -0.1) is 0 Å². The number of Topliss-reactive ketones (excluding diaryl/α,β-unsaturated/α-hetero) is 1. The fourth-order valence-electron chi connectivity index (χ4n) is 8.60. The van der Waals surface area contributed by atoms with Gasteiger partial charge < -0.3 is 0 Å². The molecule has 0 aromatic carbocycles. The summed E-state index contributed by atoms with van der Waals surface area (Å²) < 4.78 is 0. The minimum Gasteiger partial charge on any atom is -0.298 e. The average molecular weight is 485 g/mol. The lowest BCUT2D eigenvalue weighted by atomic mass is 9.85. The maximum Gasteiger partial charge on any atom is 0.160 e. The molecule has 36 heavy (non-hydrogen) atoms. The highest BCUT2D eigenvalue weighted by Gasteiger charge is 2.54. The fraction of sp³-hybridized carbons (Fsp3) is 0.588. The second kappa shape index (κ2) is 10.6. The van der Waals surface area contributed by atoms with Gasteiger partial charge in [0, 0.05) is 23.7 Å². The summed E-state index contributed by atoms with van der Waals surface area (Å²) in [5.41, 5.74) is 0. The lowest BCUT2D eigenvalue weighted by Gasteiger charge is -2.18. The van der Waals surface area contributed by atoms with Gasteiger partial charge >= 0.3 is 0 Å². The molecule has 0 amide bonds. The van der Waals surface area contributed by atoms with Gasteiger partial charge in [0.05, 0.1) is 0 Å². The lowest BCUT2D eigenvalue weighted by molar-refractivity contribution is -0.124. The molecular formula is C34H44O2. The molecule has 0 aromatic rings. The van der Waals surface area contributed by atoms with E-state index >= 15 is 0 Å². The Morgan fingerprint density at radius 3 is 1.56 bits per heavy atom.